The van der Waals surface area contributed by atoms with Gasteiger partial charge >= 0.3 is 0 Å². The molecule has 0 bridgehead atoms. The first kappa shape index (κ1) is 12.4. The maximum Gasteiger partial charge on any atom is 0.120 e. The van der Waals surface area contributed by atoms with Crippen molar-refractivity contribution in [3.05, 3.63) is 42.0 Å². The molecule has 0 saturated carbocycles. The molecule has 0 aliphatic heterocycles. The molecule has 0 radical (unpaired) electrons. The molecule has 0 aliphatic carbocycles. The average Bonchev–Trinajstić information content (AvgIpc) is 2.26. The molecule has 17 heavy (non-hydrogen) atoms. The summed E-state index contributed by atoms with van der Waals surface area (Å²) in [4.78, 5) is 0.364. The van der Waals surface area contributed by atoms with Gasteiger partial charge in [0.25, 0.3) is 0 Å². The van der Waals surface area contributed by atoms with E-state index in [4.69, 9.17) is 4.74 Å². The first-order valence-electron chi connectivity index (χ1n) is 5.91. The Bertz CT molecular complexity index is 517. The summed E-state index contributed by atoms with van der Waals surface area (Å²) in [6, 6.07) is 12.7. The van der Waals surface area contributed by atoms with E-state index in [1.807, 2.05) is 19.9 Å². The van der Waals surface area contributed by atoms with E-state index in [1.54, 1.807) is 0 Å². The number of alkyl halides is 1. The summed E-state index contributed by atoms with van der Waals surface area (Å²) in [6.07, 6.45) is 0.214. The topological polar surface area (TPSA) is 9.23 Å². The summed E-state index contributed by atoms with van der Waals surface area (Å²) in [7, 11) is 0. The van der Waals surface area contributed by atoms with Crippen LogP contribution in [0.5, 0.6) is 5.75 Å². The van der Waals surface area contributed by atoms with Gasteiger partial charge in [0.15, 0.2) is 0 Å². The predicted molar refractivity (Wildman–Crippen MR) is 77.1 cm³/mol. The van der Waals surface area contributed by atoms with Gasteiger partial charge in [-0.2, -0.15) is 0 Å². The number of rotatable bonds is 3. The lowest BCUT2D eigenvalue weighted by Crippen LogP contribution is -2.05. The molecule has 2 aromatic rings. The summed E-state index contributed by atoms with van der Waals surface area (Å²) in [6.45, 7) is 6.23. The van der Waals surface area contributed by atoms with E-state index in [0.29, 0.717) is 4.83 Å². The van der Waals surface area contributed by atoms with Gasteiger partial charge in [-0.05, 0) is 49.2 Å². The third kappa shape index (κ3) is 2.81. The average molecular weight is 293 g/mol. The molecule has 0 heterocycles. The fraction of sp³-hybridized carbons (Fsp3) is 0.333. The van der Waals surface area contributed by atoms with Gasteiger partial charge in [-0.25, -0.2) is 0 Å². The molecule has 2 heteroatoms. The van der Waals surface area contributed by atoms with Crippen LogP contribution in [0.3, 0.4) is 0 Å². The molecule has 1 unspecified atom stereocenters. The van der Waals surface area contributed by atoms with Gasteiger partial charge in [0.05, 0.1) is 6.10 Å². The molecule has 0 amide bonds. The van der Waals surface area contributed by atoms with Crippen molar-refractivity contribution in [3.63, 3.8) is 0 Å². The summed E-state index contributed by atoms with van der Waals surface area (Å²) in [5.41, 5.74) is 1.32. The Balaban J connectivity index is 2.49. The number of hydrogen-bond acceptors (Lipinski definition) is 1. The third-order valence-corrected chi connectivity index (χ3v) is 3.18. The minimum Gasteiger partial charge on any atom is -0.491 e. The van der Waals surface area contributed by atoms with Crippen molar-refractivity contribution in [1.82, 2.24) is 0 Å². The Kier molecular flexibility index (Phi) is 3.72. The van der Waals surface area contributed by atoms with Crippen molar-refractivity contribution in [1.29, 1.82) is 0 Å². The molecule has 1 nitrogen and oxygen atoms in total. The van der Waals surface area contributed by atoms with E-state index in [1.165, 1.54) is 16.3 Å². The predicted octanol–water partition coefficient (Wildman–Crippen LogP) is 5.08. The minimum atomic E-state index is 0.214. The van der Waals surface area contributed by atoms with Crippen LogP contribution < -0.4 is 4.74 Å². The van der Waals surface area contributed by atoms with Gasteiger partial charge in [-0.1, -0.05) is 40.2 Å². The van der Waals surface area contributed by atoms with E-state index in [-0.39, 0.29) is 6.10 Å². The highest BCUT2D eigenvalue weighted by Crippen LogP contribution is 2.31. The number of fused-ring (bicyclic) bond motifs is 1. The molecular weight excluding hydrogens is 276 g/mol. The Hall–Kier alpha value is -1.02. The number of halogens is 1. The fourth-order valence-electron chi connectivity index (χ4n) is 1.98. The lowest BCUT2D eigenvalue weighted by Gasteiger charge is -2.12. The van der Waals surface area contributed by atoms with Crippen LogP contribution in [0.15, 0.2) is 36.4 Å². The van der Waals surface area contributed by atoms with Crippen LogP contribution in [0.4, 0.5) is 0 Å². The van der Waals surface area contributed by atoms with Crippen molar-refractivity contribution in [2.45, 2.75) is 31.7 Å². The van der Waals surface area contributed by atoms with Crippen LogP contribution in [-0.4, -0.2) is 6.10 Å². The summed E-state index contributed by atoms with van der Waals surface area (Å²) in [5, 5.41) is 2.51. The quantitative estimate of drug-likeness (QED) is 0.717. The summed E-state index contributed by atoms with van der Waals surface area (Å²) in [5.74, 6) is 0.937. The Labute approximate surface area is 111 Å². The lowest BCUT2D eigenvalue weighted by molar-refractivity contribution is 0.243. The van der Waals surface area contributed by atoms with E-state index in [2.05, 4.69) is 53.2 Å². The van der Waals surface area contributed by atoms with Crippen LogP contribution in [0.25, 0.3) is 10.8 Å². The maximum absolute atomic E-state index is 5.71. The Morgan fingerprint density at radius 3 is 2.47 bits per heavy atom. The standard InChI is InChI=1S/C15H17BrO/c1-10(2)17-13-7-8-15-12(9-13)5-4-6-14(15)11(3)16/h4-11H,1-3H3. The minimum absolute atomic E-state index is 0.214. The zero-order chi connectivity index (χ0) is 12.4. The van der Waals surface area contributed by atoms with Crippen LogP contribution >= 0.6 is 15.9 Å². The second kappa shape index (κ2) is 5.09. The summed E-state index contributed by atoms with van der Waals surface area (Å²) < 4.78 is 5.71. The van der Waals surface area contributed by atoms with Gasteiger partial charge < -0.3 is 4.74 Å². The zero-order valence-electron chi connectivity index (χ0n) is 10.4. The van der Waals surface area contributed by atoms with E-state index in [9.17, 15) is 0 Å². The molecule has 0 aliphatic rings. The SMILES string of the molecule is CC(C)Oc1ccc2c(C(C)Br)cccc2c1. The van der Waals surface area contributed by atoms with Crippen LogP contribution in [0, 0.1) is 0 Å². The molecule has 1 atom stereocenters. The smallest absolute Gasteiger partial charge is 0.120 e. The van der Waals surface area contributed by atoms with Gasteiger partial charge in [0.2, 0.25) is 0 Å². The molecule has 2 rings (SSSR count). The fourth-order valence-corrected chi connectivity index (χ4v) is 2.38. The van der Waals surface area contributed by atoms with Crippen molar-refractivity contribution in [2.75, 3.05) is 0 Å². The number of hydrogen-bond donors (Lipinski definition) is 0. The molecule has 90 valence electrons. The lowest BCUT2D eigenvalue weighted by atomic mass is 10.0. The van der Waals surface area contributed by atoms with Gasteiger partial charge in [0.1, 0.15) is 5.75 Å². The van der Waals surface area contributed by atoms with E-state index >= 15 is 0 Å². The van der Waals surface area contributed by atoms with Crippen molar-refractivity contribution >= 4 is 26.7 Å². The molecule has 0 saturated heterocycles. The van der Waals surface area contributed by atoms with Gasteiger partial charge in [-0.3, -0.25) is 0 Å². The molecule has 0 fully saturated rings. The molecule has 0 spiro atoms. The van der Waals surface area contributed by atoms with Crippen LogP contribution in [-0.2, 0) is 0 Å². The normalized spacial score (nSPS) is 13.0. The zero-order valence-corrected chi connectivity index (χ0v) is 12.0. The van der Waals surface area contributed by atoms with E-state index in [0.717, 1.165) is 5.75 Å². The van der Waals surface area contributed by atoms with Crippen molar-refractivity contribution in [2.24, 2.45) is 0 Å². The van der Waals surface area contributed by atoms with Crippen LogP contribution in [0.2, 0.25) is 0 Å². The van der Waals surface area contributed by atoms with Gasteiger partial charge in [0, 0.05) is 4.83 Å². The number of benzene rings is 2. The first-order valence-corrected chi connectivity index (χ1v) is 6.83. The van der Waals surface area contributed by atoms with Gasteiger partial charge in [-0.15, -0.1) is 0 Å². The number of ether oxygens (including phenoxy) is 1. The molecule has 2 aromatic carbocycles. The summed E-state index contributed by atoms with van der Waals surface area (Å²) >= 11 is 3.63. The van der Waals surface area contributed by atoms with Crippen molar-refractivity contribution in [3.8, 4) is 5.75 Å². The third-order valence-electron chi connectivity index (χ3n) is 2.69. The molecule has 0 N–H and O–H groups in total. The maximum atomic E-state index is 5.71. The highest BCUT2D eigenvalue weighted by atomic mass is 79.9. The molecular formula is C15H17BrO. The van der Waals surface area contributed by atoms with Crippen LogP contribution in [0.1, 0.15) is 31.2 Å². The highest BCUT2D eigenvalue weighted by Gasteiger charge is 2.07. The second-order valence-electron chi connectivity index (χ2n) is 4.51. The monoisotopic (exact) mass is 292 g/mol. The molecule has 0 aromatic heterocycles. The van der Waals surface area contributed by atoms with Crippen molar-refractivity contribution < 1.29 is 4.74 Å². The Morgan fingerprint density at radius 1 is 1.06 bits per heavy atom. The largest absolute Gasteiger partial charge is 0.491 e. The highest BCUT2D eigenvalue weighted by molar-refractivity contribution is 9.09. The van der Waals surface area contributed by atoms with E-state index < -0.39 is 0 Å². The first-order chi connectivity index (χ1) is 8.08. The second-order valence-corrected chi connectivity index (χ2v) is 5.89. The Morgan fingerprint density at radius 2 is 1.82 bits per heavy atom.